The lowest BCUT2D eigenvalue weighted by Crippen LogP contribution is -2.40. The normalized spacial score (nSPS) is 21.1. The van der Waals surface area contributed by atoms with E-state index in [0.29, 0.717) is 18.9 Å². The number of amides is 1. The molecule has 0 bridgehead atoms. The maximum absolute atomic E-state index is 11.8. The van der Waals surface area contributed by atoms with Crippen LogP contribution in [-0.2, 0) is 14.3 Å². The first kappa shape index (κ1) is 13.5. The molecule has 0 N–H and O–H groups in total. The molecule has 1 saturated heterocycles. The van der Waals surface area contributed by atoms with Crippen LogP contribution >= 0.6 is 0 Å². The van der Waals surface area contributed by atoms with Gasteiger partial charge in [0.1, 0.15) is 0 Å². The molecule has 0 unspecified atom stereocenters. The van der Waals surface area contributed by atoms with Crippen molar-refractivity contribution in [3.8, 4) is 0 Å². The predicted octanol–water partition coefficient (Wildman–Crippen LogP) is 1.30. The van der Waals surface area contributed by atoms with Gasteiger partial charge in [0.15, 0.2) is 0 Å². The first-order valence-corrected chi connectivity index (χ1v) is 6.03. The van der Waals surface area contributed by atoms with Crippen LogP contribution in [0.15, 0.2) is 0 Å². The summed E-state index contributed by atoms with van der Waals surface area (Å²) in [4.78, 5) is 13.8. The quantitative estimate of drug-likeness (QED) is 0.689. The van der Waals surface area contributed by atoms with E-state index in [2.05, 4.69) is 0 Å². The molecule has 1 heterocycles. The summed E-state index contributed by atoms with van der Waals surface area (Å²) >= 11 is 0. The summed E-state index contributed by atoms with van der Waals surface area (Å²) in [5.41, 5.74) is 0. The van der Waals surface area contributed by atoms with Gasteiger partial charge in [0.05, 0.1) is 13.0 Å². The molecule has 4 heteroatoms. The second kappa shape index (κ2) is 7.63. The van der Waals surface area contributed by atoms with Crippen molar-refractivity contribution >= 4 is 5.91 Å². The van der Waals surface area contributed by atoms with Gasteiger partial charge in [-0.1, -0.05) is 0 Å². The van der Waals surface area contributed by atoms with Gasteiger partial charge in [-0.3, -0.25) is 4.79 Å². The number of nitrogens with zero attached hydrogens (tertiary/aromatic N) is 1. The molecular weight excluding hydrogens is 206 g/mol. The fourth-order valence-electron chi connectivity index (χ4n) is 2.16. The van der Waals surface area contributed by atoms with Gasteiger partial charge in [-0.25, -0.2) is 0 Å². The van der Waals surface area contributed by atoms with Gasteiger partial charge < -0.3 is 14.4 Å². The number of rotatable bonds is 6. The number of hydrogen-bond acceptors (Lipinski definition) is 3. The van der Waals surface area contributed by atoms with Crippen LogP contribution in [0.2, 0.25) is 0 Å². The second-order valence-electron chi connectivity index (χ2n) is 4.37. The molecule has 16 heavy (non-hydrogen) atoms. The Labute approximate surface area is 97.9 Å². The minimum Gasteiger partial charge on any atom is -0.385 e. The van der Waals surface area contributed by atoms with Gasteiger partial charge in [-0.15, -0.1) is 0 Å². The Morgan fingerprint density at radius 2 is 2.06 bits per heavy atom. The Balaban J connectivity index is 2.28. The number of carbonyl (C=O) groups excluding carboxylic acids is 1. The van der Waals surface area contributed by atoms with Crippen molar-refractivity contribution in [1.82, 2.24) is 4.90 Å². The predicted molar refractivity (Wildman–Crippen MR) is 62.3 cm³/mol. The van der Waals surface area contributed by atoms with Gasteiger partial charge in [0.25, 0.3) is 0 Å². The van der Waals surface area contributed by atoms with Gasteiger partial charge in [-0.05, 0) is 25.2 Å². The van der Waals surface area contributed by atoms with Gasteiger partial charge in [-0.2, -0.15) is 0 Å². The van der Waals surface area contributed by atoms with Gasteiger partial charge in [0, 0.05) is 33.9 Å². The molecule has 1 aliphatic rings. The zero-order chi connectivity index (χ0) is 11.8. The van der Waals surface area contributed by atoms with Crippen LogP contribution in [0, 0.1) is 5.92 Å². The fourth-order valence-corrected chi connectivity index (χ4v) is 2.16. The van der Waals surface area contributed by atoms with E-state index in [9.17, 15) is 4.79 Å². The zero-order valence-corrected chi connectivity index (χ0v) is 10.4. The second-order valence-corrected chi connectivity index (χ2v) is 4.37. The third kappa shape index (κ3) is 4.49. The molecule has 1 atom stereocenters. The van der Waals surface area contributed by atoms with Crippen molar-refractivity contribution < 1.29 is 14.3 Å². The highest BCUT2D eigenvalue weighted by molar-refractivity contribution is 5.76. The molecule has 1 amide bonds. The van der Waals surface area contributed by atoms with E-state index in [4.69, 9.17) is 9.47 Å². The summed E-state index contributed by atoms with van der Waals surface area (Å²) in [5.74, 6) is 0.837. The van der Waals surface area contributed by atoms with E-state index < -0.39 is 0 Å². The van der Waals surface area contributed by atoms with Crippen molar-refractivity contribution in [2.24, 2.45) is 5.92 Å². The van der Waals surface area contributed by atoms with E-state index in [1.165, 1.54) is 6.42 Å². The summed E-state index contributed by atoms with van der Waals surface area (Å²) in [6, 6.07) is 0. The first-order valence-electron chi connectivity index (χ1n) is 6.03. The molecule has 0 aliphatic carbocycles. The Hall–Kier alpha value is -0.610. The molecule has 1 rings (SSSR count). The topological polar surface area (TPSA) is 38.8 Å². The van der Waals surface area contributed by atoms with Crippen LogP contribution in [0.3, 0.4) is 0 Å². The third-order valence-corrected chi connectivity index (χ3v) is 3.12. The highest BCUT2D eigenvalue weighted by atomic mass is 16.5. The lowest BCUT2D eigenvalue weighted by atomic mass is 9.95. The number of likely N-dealkylation sites (tertiary alicyclic amines) is 1. The van der Waals surface area contributed by atoms with Crippen molar-refractivity contribution in [2.75, 3.05) is 40.5 Å². The summed E-state index contributed by atoms with van der Waals surface area (Å²) in [6.45, 7) is 3.13. The SMILES string of the molecule is COCCC(=O)N1CCC[C@H](CCOC)C1. The Kier molecular flexibility index (Phi) is 6.42. The van der Waals surface area contributed by atoms with E-state index in [-0.39, 0.29) is 5.91 Å². The Bertz CT molecular complexity index is 208. The zero-order valence-electron chi connectivity index (χ0n) is 10.4. The fraction of sp³-hybridized carbons (Fsp3) is 0.917. The molecule has 0 aromatic rings. The number of carbonyl (C=O) groups is 1. The highest BCUT2D eigenvalue weighted by Gasteiger charge is 2.22. The van der Waals surface area contributed by atoms with Crippen LogP contribution in [0.4, 0.5) is 0 Å². The van der Waals surface area contributed by atoms with E-state index >= 15 is 0 Å². The molecule has 94 valence electrons. The highest BCUT2D eigenvalue weighted by Crippen LogP contribution is 2.20. The average molecular weight is 229 g/mol. The standard InChI is InChI=1S/C12H23NO3/c1-15-8-5-11-4-3-7-13(10-11)12(14)6-9-16-2/h11H,3-10H2,1-2H3/t11-/m1/s1. The smallest absolute Gasteiger partial charge is 0.224 e. The average Bonchev–Trinajstić information content (AvgIpc) is 2.33. The lowest BCUT2D eigenvalue weighted by molar-refractivity contribution is -0.134. The van der Waals surface area contributed by atoms with Crippen molar-refractivity contribution in [3.63, 3.8) is 0 Å². The molecular formula is C12H23NO3. The van der Waals surface area contributed by atoms with Crippen LogP contribution in [0.25, 0.3) is 0 Å². The van der Waals surface area contributed by atoms with E-state index in [1.54, 1.807) is 14.2 Å². The van der Waals surface area contributed by atoms with Crippen molar-refractivity contribution in [1.29, 1.82) is 0 Å². The van der Waals surface area contributed by atoms with Gasteiger partial charge >= 0.3 is 0 Å². The lowest BCUT2D eigenvalue weighted by Gasteiger charge is -2.32. The molecule has 0 radical (unpaired) electrons. The molecule has 0 saturated carbocycles. The van der Waals surface area contributed by atoms with Crippen molar-refractivity contribution in [2.45, 2.75) is 25.7 Å². The summed E-state index contributed by atoms with van der Waals surface area (Å²) < 4.78 is 10.0. The monoisotopic (exact) mass is 229 g/mol. The summed E-state index contributed by atoms with van der Waals surface area (Å²) in [5, 5.41) is 0. The largest absolute Gasteiger partial charge is 0.385 e. The van der Waals surface area contributed by atoms with Crippen molar-refractivity contribution in [3.05, 3.63) is 0 Å². The van der Waals surface area contributed by atoms with Gasteiger partial charge in [0.2, 0.25) is 5.91 Å². The number of ether oxygens (including phenoxy) is 2. The third-order valence-electron chi connectivity index (χ3n) is 3.12. The molecule has 0 aromatic carbocycles. The summed E-state index contributed by atoms with van der Waals surface area (Å²) in [6.07, 6.45) is 3.91. The van der Waals surface area contributed by atoms with Crippen LogP contribution in [0.5, 0.6) is 0 Å². The van der Waals surface area contributed by atoms with E-state index in [0.717, 1.165) is 32.5 Å². The number of methoxy groups -OCH3 is 2. The first-order chi connectivity index (χ1) is 7.77. The minimum absolute atomic E-state index is 0.226. The molecule has 0 aromatic heterocycles. The minimum atomic E-state index is 0.226. The number of piperidine rings is 1. The summed E-state index contributed by atoms with van der Waals surface area (Å²) in [7, 11) is 3.36. The molecule has 4 nitrogen and oxygen atoms in total. The molecule has 0 spiro atoms. The number of hydrogen-bond donors (Lipinski definition) is 0. The van der Waals surface area contributed by atoms with Crippen LogP contribution < -0.4 is 0 Å². The van der Waals surface area contributed by atoms with Crippen LogP contribution in [0.1, 0.15) is 25.7 Å². The van der Waals surface area contributed by atoms with Crippen LogP contribution in [-0.4, -0.2) is 51.3 Å². The Morgan fingerprint density at radius 1 is 1.31 bits per heavy atom. The van der Waals surface area contributed by atoms with E-state index in [1.807, 2.05) is 4.90 Å². The maximum atomic E-state index is 11.8. The Morgan fingerprint density at radius 3 is 2.75 bits per heavy atom. The maximum Gasteiger partial charge on any atom is 0.224 e. The molecule has 1 aliphatic heterocycles. The molecule has 1 fully saturated rings.